The number of hydrogen-bond donors (Lipinski definition) is 1. The maximum Gasteiger partial charge on any atom is 0.146 e. The second-order valence-corrected chi connectivity index (χ2v) is 4.36. The molecule has 2 nitrogen and oxygen atoms in total. The highest BCUT2D eigenvalue weighted by atomic mass is 19.1. The van der Waals surface area contributed by atoms with Crippen molar-refractivity contribution in [3.63, 3.8) is 0 Å². The SMILES string of the molecule is Cc1cc(F)c(NCc2ccc(F)c(C#N)c2)cc1F. The van der Waals surface area contributed by atoms with Gasteiger partial charge in [0.05, 0.1) is 11.3 Å². The van der Waals surface area contributed by atoms with Crippen LogP contribution in [0.5, 0.6) is 0 Å². The zero-order valence-corrected chi connectivity index (χ0v) is 10.7. The second kappa shape index (κ2) is 5.66. The number of rotatable bonds is 3. The van der Waals surface area contributed by atoms with E-state index in [1.165, 1.54) is 25.1 Å². The molecule has 0 bridgehead atoms. The molecule has 102 valence electrons. The normalized spacial score (nSPS) is 10.2. The number of hydrogen-bond acceptors (Lipinski definition) is 2. The first-order valence-electron chi connectivity index (χ1n) is 5.89. The minimum Gasteiger partial charge on any atom is -0.379 e. The standard InChI is InChI=1S/C15H11F3N2/c1-9-4-14(18)15(6-13(9)17)20-8-10-2-3-12(16)11(5-10)7-19/h2-6,20H,8H2,1H3. The minimum absolute atomic E-state index is 0.0240. The summed E-state index contributed by atoms with van der Waals surface area (Å²) >= 11 is 0. The molecule has 0 aromatic heterocycles. The van der Waals surface area contributed by atoms with Crippen LogP contribution in [0.4, 0.5) is 18.9 Å². The third-order valence-electron chi connectivity index (χ3n) is 2.88. The maximum absolute atomic E-state index is 13.6. The van der Waals surface area contributed by atoms with Gasteiger partial charge in [-0.25, -0.2) is 13.2 Å². The Morgan fingerprint density at radius 3 is 2.50 bits per heavy atom. The molecule has 0 heterocycles. The van der Waals surface area contributed by atoms with Crippen LogP contribution in [0.3, 0.4) is 0 Å². The van der Waals surface area contributed by atoms with E-state index in [0.717, 1.165) is 12.1 Å². The Morgan fingerprint density at radius 2 is 1.80 bits per heavy atom. The van der Waals surface area contributed by atoms with Crippen molar-refractivity contribution >= 4 is 5.69 Å². The Balaban J connectivity index is 2.17. The molecule has 0 fully saturated rings. The van der Waals surface area contributed by atoms with Gasteiger partial charge in [0.25, 0.3) is 0 Å². The van der Waals surface area contributed by atoms with E-state index in [1.54, 1.807) is 6.07 Å². The van der Waals surface area contributed by atoms with Crippen molar-refractivity contribution in [2.45, 2.75) is 13.5 Å². The van der Waals surface area contributed by atoms with Crippen molar-refractivity contribution in [1.82, 2.24) is 0 Å². The van der Waals surface area contributed by atoms with E-state index < -0.39 is 17.5 Å². The van der Waals surface area contributed by atoms with Crippen molar-refractivity contribution in [2.24, 2.45) is 0 Å². The zero-order chi connectivity index (χ0) is 14.7. The Kier molecular flexibility index (Phi) is 3.94. The molecule has 2 aromatic carbocycles. The summed E-state index contributed by atoms with van der Waals surface area (Å²) in [5.41, 5.74) is 0.765. The van der Waals surface area contributed by atoms with Crippen molar-refractivity contribution in [1.29, 1.82) is 5.26 Å². The number of aryl methyl sites for hydroxylation is 1. The molecule has 2 aromatic rings. The molecular formula is C15H11F3N2. The third-order valence-corrected chi connectivity index (χ3v) is 2.88. The van der Waals surface area contributed by atoms with E-state index in [-0.39, 0.29) is 23.4 Å². The van der Waals surface area contributed by atoms with E-state index in [2.05, 4.69) is 5.32 Å². The van der Waals surface area contributed by atoms with Gasteiger partial charge in [-0.1, -0.05) is 6.07 Å². The number of benzene rings is 2. The molecule has 0 saturated heterocycles. The number of halogens is 3. The zero-order valence-electron chi connectivity index (χ0n) is 10.7. The summed E-state index contributed by atoms with van der Waals surface area (Å²) in [6.07, 6.45) is 0. The molecule has 20 heavy (non-hydrogen) atoms. The van der Waals surface area contributed by atoms with Crippen LogP contribution in [0.25, 0.3) is 0 Å². The molecule has 0 saturated carbocycles. The van der Waals surface area contributed by atoms with Gasteiger partial charge in [0.2, 0.25) is 0 Å². The summed E-state index contributed by atoms with van der Waals surface area (Å²) in [5.74, 6) is -1.68. The van der Waals surface area contributed by atoms with Crippen LogP contribution in [0, 0.1) is 35.7 Å². The quantitative estimate of drug-likeness (QED) is 0.923. The molecule has 0 amide bonds. The molecular weight excluding hydrogens is 265 g/mol. The lowest BCUT2D eigenvalue weighted by atomic mass is 10.1. The highest BCUT2D eigenvalue weighted by Gasteiger charge is 2.08. The Bertz CT molecular complexity index is 690. The van der Waals surface area contributed by atoms with E-state index in [0.29, 0.717) is 5.56 Å². The number of nitriles is 1. The summed E-state index contributed by atoms with van der Waals surface area (Å²) in [4.78, 5) is 0. The van der Waals surface area contributed by atoms with Crippen LogP contribution in [0.2, 0.25) is 0 Å². The van der Waals surface area contributed by atoms with Crippen molar-refractivity contribution < 1.29 is 13.2 Å². The van der Waals surface area contributed by atoms with Crippen LogP contribution in [0.15, 0.2) is 30.3 Å². The number of nitrogens with one attached hydrogen (secondary N) is 1. The summed E-state index contributed by atoms with van der Waals surface area (Å²) in [6, 6.07) is 7.91. The summed E-state index contributed by atoms with van der Waals surface area (Å²) in [7, 11) is 0. The van der Waals surface area contributed by atoms with Crippen LogP contribution >= 0.6 is 0 Å². The van der Waals surface area contributed by atoms with Crippen LogP contribution in [0.1, 0.15) is 16.7 Å². The molecule has 0 spiro atoms. The second-order valence-electron chi connectivity index (χ2n) is 4.36. The number of anilines is 1. The van der Waals surface area contributed by atoms with E-state index >= 15 is 0 Å². The first kappa shape index (κ1) is 13.9. The fraction of sp³-hybridized carbons (Fsp3) is 0.133. The van der Waals surface area contributed by atoms with Crippen molar-refractivity contribution in [3.05, 3.63) is 64.5 Å². The number of nitrogens with zero attached hydrogens (tertiary/aromatic N) is 1. The van der Waals surface area contributed by atoms with Crippen LogP contribution in [-0.4, -0.2) is 0 Å². The molecule has 5 heteroatoms. The van der Waals surface area contributed by atoms with Gasteiger partial charge in [0.15, 0.2) is 0 Å². The molecule has 0 unspecified atom stereocenters. The van der Waals surface area contributed by atoms with Crippen LogP contribution < -0.4 is 5.32 Å². The van der Waals surface area contributed by atoms with Gasteiger partial charge in [0, 0.05) is 12.6 Å². The molecule has 1 N–H and O–H groups in total. The molecule has 0 aliphatic rings. The highest BCUT2D eigenvalue weighted by molar-refractivity contribution is 5.47. The van der Waals surface area contributed by atoms with Gasteiger partial charge >= 0.3 is 0 Å². The molecule has 2 rings (SSSR count). The predicted molar refractivity (Wildman–Crippen MR) is 69.5 cm³/mol. The summed E-state index contributed by atoms with van der Waals surface area (Å²) in [5, 5.41) is 11.4. The highest BCUT2D eigenvalue weighted by Crippen LogP contribution is 2.20. The van der Waals surface area contributed by atoms with Crippen LogP contribution in [-0.2, 0) is 6.54 Å². The summed E-state index contributed by atoms with van der Waals surface area (Å²) < 4.78 is 40.1. The fourth-order valence-electron chi connectivity index (χ4n) is 1.75. The minimum atomic E-state index is -0.608. The lowest BCUT2D eigenvalue weighted by Crippen LogP contribution is -2.03. The average Bonchev–Trinajstić information content (AvgIpc) is 2.43. The van der Waals surface area contributed by atoms with E-state index in [4.69, 9.17) is 5.26 Å². The van der Waals surface area contributed by atoms with Gasteiger partial charge in [-0.3, -0.25) is 0 Å². The van der Waals surface area contributed by atoms with E-state index in [1.807, 2.05) is 0 Å². The van der Waals surface area contributed by atoms with Gasteiger partial charge in [-0.15, -0.1) is 0 Å². The smallest absolute Gasteiger partial charge is 0.146 e. The first-order chi connectivity index (χ1) is 9.51. The average molecular weight is 276 g/mol. The Morgan fingerprint density at radius 1 is 1.05 bits per heavy atom. The lowest BCUT2D eigenvalue weighted by Gasteiger charge is -2.09. The molecule has 0 radical (unpaired) electrons. The fourth-order valence-corrected chi connectivity index (χ4v) is 1.75. The predicted octanol–water partition coefficient (Wildman–Crippen LogP) is 3.90. The van der Waals surface area contributed by atoms with Crippen molar-refractivity contribution in [3.8, 4) is 6.07 Å². The van der Waals surface area contributed by atoms with Gasteiger partial charge in [0.1, 0.15) is 23.5 Å². The molecule has 0 atom stereocenters. The van der Waals surface area contributed by atoms with Gasteiger partial charge < -0.3 is 5.32 Å². The van der Waals surface area contributed by atoms with Gasteiger partial charge in [-0.05, 0) is 36.2 Å². The molecule has 0 aliphatic carbocycles. The monoisotopic (exact) mass is 276 g/mol. The topological polar surface area (TPSA) is 35.8 Å². The lowest BCUT2D eigenvalue weighted by molar-refractivity contribution is 0.594. The Labute approximate surface area is 114 Å². The Hall–Kier alpha value is -2.48. The largest absolute Gasteiger partial charge is 0.379 e. The van der Waals surface area contributed by atoms with E-state index in [9.17, 15) is 13.2 Å². The first-order valence-corrected chi connectivity index (χ1v) is 5.89. The maximum atomic E-state index is 13.6. The summed E-state index contributed by atoms with van der Waals surface area (Å²) in [6.45, 7) is 1.63. The van der Waals surface area contributed by atoms with Crippen molar-refractivity contribution in [2.75, 3.05) is 5.32 Å². The molecule has 0 aliphatic heterocycles. The van der Waals surface area contributed by atoms with Gasteiger partial charge in [-0.2, -0.15) is 5.26 Å². The third kappa shape index (κ3) is 2.91.